The van der Waals surface area contributed by atoms with Crippen molar-refractivity contribution in [3.8, 4) is 10.9 Å². The summed E-state index contributed by atoms with van der Waals surface area (Å²) < 4.78 is 8.36. The van der Waals surface area contributed by atoms with Gasteiger partial charge in [0, 0.05) is 11.4 Å². The number of anilines is 1. The number of methoxy groups -OCH3 is 1. The molecule has 0 radical (unpaired) electrons. The van der Waals surface area contributed by atoms with Crippen LogP contribution in [0.1, 0.15) is 38.4 Å². The molecule has 2 heterocycles. The Morgan fingerprint density at radius 1 is 1.10 bits per heavy atom. The van der Waals surface area contributed by atoms with Gasteiger partial charge in [0.2, 0.25) is 5.13 Å². The highest BCUT2D eigenvalue weighted by molar-refractivity contribution is 7.21. The fraction of sp³-hybridized carbons (Fsp3) is 0.261. The predicted octanol–water partition coefficient (Wildman–Crippen LogP) is 5.29. The summed E-state index contributed by atoms with van der Waals surface area (Å²) in [7, 11) is 1.58. The topological polar surface area (TPSA) is 69.0 Å². The number of amides is 1. The molecule has 6 nitrogen and oxygen atoms in total. The standard InChI is InChI=1S/C23H24N4O2S/c1-12-8-7-9-17(20(12)29-6)22(28)25-19-13(2)10-18-21(16(19)5)30-23(24-18)27-15(4)11-14(3)26-27/h7-11H,1-6H3,(H,25,28). The number of aromatic nitrogens is 3. The molecule has 4 aromatic rings. The van der Waals surface area contributed by atoms with Crippen LogP contribution in [0.3, 0.4) is 0 Å². The number of carbonyl (C=O) groups is 1. The Balaban J connectivity index is 1.76. The highest BCUT2D eigenvalue weighted by Crippen LogP contribution is 2.35. The molecule has 0 aliphatic carbocycles. The predicted molar refractivity (Wildman–Crippen MR) is 121 cm³/mol. The molecule has 154 valence electrons. The van der Waals surface area contributed by atoms with E-state index >= 15 is 0 Å². The lowest BCUT2D eigenvalue weighted by molar-refractivity contribution is 0.102. The number of benzene rings is 2. The number of nitrogens with zero attached hydrogens (tertiary/aromatic N) is 3. The molecule has 0 spiro atoms. The van der Waals surface area contributed by atoms with Gasteiger partial charge in [-0.25, -0.2) is 9.67 Å². The molecule has 0 bridgehead atoms. The maximum absolute atomic E-state index is 13.0. The van der Waals surface area contributed by atoms with Gasteiger partial charge in [-0.05, 0) is 69.5 Å². The van der Waals surface area contributed by atoms with E-state index < -0.39 is 0 Å². The molecule has 0 saturated carbocycles. The lowest BCUT2D eigenvalue weighted by Gasteiger charge is -2.15. The van der Waals surface area contributed by atoms with E-state index in [1.54, 1.807) is 24.5 Å². The third-order valence-corrected chi connectivity index (χ3v) is 6.36. The Kier molecular flexibility index (Phi) is 5.07. The number of hydrogen-bond donors (Lipinski definition) is 1. The largest absolute Gasteiger partial charge is 0.496 e. The minimum atomic E-state index is -0.190. The van der Waals surface area contributed by atoms with Gasteiger partial charge in [0.15, 0.2) is 0 Å². The van der Waals surface area contributed by atoms with Crippen LogP contribution < -0.4 is 10.1 Å². The third-order valence-electron chi connectivity index (χ3n) is 5.20. The molecule has 0 fully saturated rings. The van der Waals surface area contributed by atoms with E-state index in [4.69, 9.17) is 9.72 Å². The molecule has 0 atom stereocenters. The Bertz CT molecular complexity index is 1290. The number of ether oxygens (including phenoxy) is 1. The van der Waals surface area contributed by atoms with Crippen molar-refractivity contribution in [3.05, 3.63) is 64.0 Å². The normalized spacial score (nSPS) is 11.1. The van der Waals surface area contributed by atoms with E-state index in [2.05, 4.69) is 10.4 Å². The van der Waals surface area contributed by atoms with Crippen molar-refractivity contribution < 1.29 is 9.53 Å². The number of carbonyl (C=O) groups excluding carboxylic acids is 1. The van der Waals surface area contributed by atoms with E-state index in [0.717, 1.165) is 49.1 Å². The Labute approximate surface area is 179 Å². The fourth-order valence-corrected chi connectivity index (χ4v) is 4.82. The third kappa shape index (κ3) is 3.35. The van der Waals surface area contributed by atoms with Gasteiger partial charge in [-0.2, -0.15) is 5.10 Å². The second-order valence-electron chi connectivity index (χ2n) is 7.49. The maximum Gasteiger partial charge on any atom is 0.259 e. The molecular formula is C23H24N4O2S. The van der Waals surface area contributed by atoms with Gasteiger partial charge in [-0.1, -0.05) is 23.5 Å². The van der Waals surface area contributed by atoms with Gasteiger partial charge in [0.25, 0.3) is 5.91 Å². The minimum Gasteiger partial charge on any atom is -0.496 e. The number of fused-ring (bicyclic) bond motifs is 1. The molecular weight excluding hydrogens is 396 g/mol. The second-order valence-corrected chi connectivity index (χ2v) is 8.46. The van der Waals surface area contributed by atoms with Crippen LogP contribution in [0.2, 0.25) is 0 Å². The van der Waals surface area contributed by atoms with Crippen LogP contribution in [0, 0.1) is 34.6 Å². The molecule has 7 heteroatoms. The van der Waals surface area contributed by atoms with Crippen molar-refractivity contribution in [3.63, 3.8) is 0 Å². The van der Waals surface area contributed by atoms with Gasteiger partial charge in [0.1, 0.15) is 5.75 Å². The summed E-state index contributed by atoms with van der Waals surface area (Å²) in [6.07, 6.45) is 0. The number of thiazole rings is 1. The van der Waals surface area contributed by atoms with Crippen LogP contribution in [0.25, 0.3) is 15.3 Å². The molecule has 1 amide bonds. The Hall–Kier alpha value is -3.19. The first-order valence-corrected chi connectivity index (χ1v) is 10.5. The SMILES string of the molecule is COc1c(C)cccc1C(=O)Nc1c(C)cc2nc(-n3nc(C)cc3C)sc2c1C. The van der Waals surface area contributed by atoms with Crippen molar-refractivity contribution >= 4 is 33.1 Å². The van der Waals surface area contributed by atoms with Gasteiger partial charge in [0.05, 0.1) is 28.6 Å². The number of aryl methyl sites for hydroxylation is 5. The summed E-state index contributed by atoms with van der Waals surface area (Å²) in [6, 6.07) is 9.61. The first-order chi connectivity index (χ1) is 14.3. The fourth-order valence-electron chi connectivity index (χ4n) is 3.76. The smallest absolute Gasteiger partial charge is 0.259 e. The van der Waals surface area contributed by atoms with Crippen LogP contribution in [-0.4, -0.2) is 27.8 Å². The summed E-state index contributed by atoms with van der Waals surface area (Å²) in [5.41, 5.74) is 7.11. The average Bonchev–Trinajstić information content (AvgIpc) is 3.27. The van der Waals surface area contributed by atoms with Crippen LogP contribution in [-0.2, 0) is 0 Å². The van der Waals surface area contributed by atoms with Crippen LogP contribution in [0.5, 0.6) is 5.75 Å². The van der Waals surface area contributed by atoms with E-state index in [1.807, 2.05) is 63.6 Å². The van der Waals surface area contributed by atoms with E-state index in [1.165, 1.54) is 0 Å². The van der Waals surface area contributed by atoms with Gasteiger partial charge in [-0.3, -0.25) is 4.79 Å². The molecule has 1 N–H and O–H groups in total. The first kappa shape index (κ1) is 20.1. The van der Waals surface area contributed by atoms with Crippen molar-refractivity contribution in [2.75, 3.05) is 12.4 Å². The molecule has 4 rings (SSSR count). The summed E-state index contributed by atoms with van der Waals surface area (Å²) in [6.45, 7) is 9.92. The van der Waals surface area contributed by atoms with E-state index in [0.29, 0.717) is 11.3 Å². The van der Waals surface area contributed by atoms with Crippen molar-refractivity contribution in [1.82, 2.24) is 14.8 Å². The summed E-state index contributed by atoms with van der Waals surface area (Å²) in [4.78, 5) is 17.8. The second kappa shape index (κ2) is 7.57. The van der Waals surface area contributed by atoms with Gasteiger partial charge < -0.3 is 10.1 Å². The van der Waals surface area contributed by atoms with Crippen LogP contribution in [0.15, 0.2) is 30.3 Å². The number of rotatable bonds is 4. The number of para-hydroxylation sites is 1. The molecule has 0 unspecified atom stereocenters. The maximum atomic E-state index is 13.0. The zero-order valence-corrected chi connectivity index (χ0v) is 18.8. The molecule has 0 aliphatic rings. The highest BCUT2D eigenvalue weighted by atomic mass is 32.1. The highest BCUT2D eigenvalue weighted by Gasteiger charge is 2.19. The van der Waals surface area contributed by atoms with Crippen molar-refractivity contribution in [1.29, 1.82) is 0 Å². The molecule has 0 aliphatic heterocycles. The molecule has 2 aromatic heterocycles. The average molecular weight is 421 g/mol. The van der Waals surface area contributed by atoms with Crippen molar-refractivity contribution in [2.45, 2.75) is 34.6 Å². The summed E-state index contributed by atoms with van der Waals surface area (Å²) in [5, 5.41) is 8.46. The lowest BCUT2D eigenvalue weighted by atomic mass is 10.1. The van der Waals surface area contributed by atoms with Crippen LogP contribution in [0.4, 0.5) is 5.69 Å². The molecule has 0 saturated heterocycles. The molecule has 2 aromatic carbocycles. The lowest BCUT2D eigenvalue weighted by Crippen LogP contribution is -2.15. The Morgan fingerprint density at radius 3 is 2.53 bits per heavy atom. The molecule has 30 heavy (non-hydrogen) atoms. The first-order valence-electron chi connectivity index (χ1n) is 9.69. The summed E-state index contributed by atoms with van der Waals surface area (Å²) >= 11 is 1.57. The quantitative estimate of drug-likeness (QED) is 0.487. The van der Waals surface area contributed by atoms with E-state index in [9.17, 15) is 4.79 Å². The zero-order valence-electron chi connectivity index (χ0n) is 18.0. The van der Waals surface area contributed by atoms with Gasteiger partial charge >= 0.3 is 0 Å². The van der Waals surface area contributed by atoms with Crippen LogP contribution >= 0.6 is 11.3 Å². The number of hydrogen-bond acceptors (Lipinski definition) is 5. The minimum absolute atomic E-state index is 0.190. The summed E-state index contributed by atoms with van der Waals surface area (Å²) in [5.74, 6) is 0.403. The zero-order chi connectivity index (χ0) is 21.6. The van der Waals surface area contributed by atoms with E-state index in [-0.39, 0.29) is 5.91 Å². The van der Waals surface area contributed by atoms with Crippen molar-refractivity contribution in [2.24, 2.45) is 0 Å². The Morgan fingerprint density at radius 2 is 1.87 bits per heavy atom. The number of nitrogens with one attached hydrogen (secondary N) is 1. The monoisotopic (exact) mass is 420 g/mol. The van der Waals surface area contributed by atoms with Gasteiger partial charge in [-0.15, -0.1) is 0 Å².